The molecule has 1 aromatic carbocycles. The highest BCUT2D eigenvalue weighted by molar-refractivity contribution is 5.94. The molecular formula is C16H24N2O2. The molecule has 0 aromatic heterocycles. The molecule has 4 nitrogen and oxygen atoms in total. The highest BCUT2D eigenvalue weighted by atomic mass is 16.2. The maximum Gasteiger partial charge on any atom is 0.227 e. The molecule has 20 heavy (non-hydrogen) atoms. The van der Waals surface area contributed by atoms with E-state index < -0.39 is 0 Å². The van der Waals surface area contributed by atoms with E-state index in [1.807, 2.05) is 20.8 Å². The Morgan fingerprint density at radius 1 is 0.950 bits per heavy atom. The first-order chi connectivity index (χ1) is 9.43. The first kappa shape index (κ1) is 16.2. The van der Waals surface area contributed by atoms with Gasteiger partial charge in [0.05, 0.1) is 0 Å². The van der Waals surface area contributed by atoms with Crippen molar-refractivity contribution in [1.82, 2.24) is 0 Å². The molecule has 1 rings (SSSR count). The Kier molecular flexibility index (Phi) is 6.22. The Labute approximate surface area is 121 Å². The molecule has 0 saturated carbocycles. The van der Waals surface area contributed by atoms with Crippen LogP contribution < -0.4 is 10.6 Å². The van der Waals surface area contributed by atoms with Crippen molar-refractivity contribution in [3.05, 3.63) is 24.3 Å². The van der Waals surface area contributed by atoms with Crippen molar-refractivity contribution < 1.29 is 9.59 Å². The fourth-order valence-electron chi connectivity index (χ4n) is 1.75. The lowest BCUT2D eigenvalue weighted by atomic mass is 10.1. The largest absolute Gasteiger partial charge is 0.326 e. The van der Waals surface area contributed by atoms with Crippen molar-refractivity contribution >= 4 is 23.2 Å². The van der Waals surface area contributed by atoms with Crippen molar-refractivity contribution in [1.29, 1.82) is 0 Å². The highest BCUT2D eigenvalue weighted by Crippen LogP contribution is 2.16. The van der Waals surface area contributed by atoms with Crippen LogP contribution in [0.1, 0.15) is 40.5 Å². The van der Waals surface area contributed by atoms with Gasteiger partial charge in [0, 0.05) is 23.2 Å². The monoisotopic (exact) mass is 276 g/mol. The zero-order chi connectivity index (χ0) is 15.1. The van der Waals surface area contributed by atoms with Crippen molar-refractivity contribution in [2.45, 2.75) is 40.5 Å². The lowest BCUT2D eigenvalue weighted by Crippen LogP contribution is -2.20. The van der Waals surface area contributed by atoms with Crippen molar-refractivity contribution in [3.8, 4) is 0 Å². The summed E-state index contributed by atoms with van der Waals surface area (Å²) in [4.78, 5) is 23.4. The SMILES string of the molecule is CCCC(C)C(=O)Nc1ccc(NC(=O)C(C)C)cc1. The molecule has 0 radical (unpaired) electrons. The van der Waals surface area contributed by atoms with E-state index in [0.29, 0.717) is 0 Å². The summed E-state index contributed by atoms with van der Waals surface area (Å²) in [6.07, 6.45) is 1.88. The number of carbonyl (C=O) groups excluding carboxylic acids is 2. The van der Waals surface area contributed by atoms with Crippen molar-refractivity contribution in [2.75, 3.05) is 10.6 Å². The molecule has 0 saturated heterocycles. The Morgan fingerprint density at radius 2 is 1.40 bits per heavy atom. The molecule has 1 atom stereocenters. The molecule has 2 N–H and O–H groups in total. The molecule has 110 valence electrons. The molecule has 0 aliphatic heterocycles. The average Bonchev–Trinajstić information content (AvgIpc) is 2.41. The van der Waals surface area contributed by atoms with Gasteiger partial charge in [0.2, 0.25) is 11.8 Å². The summed E-state index contributed by atoms with van der Waals surface area (Å²) in [5, 5.41) is 5.69. The first-order valence-electron chi connectivity index (χ1n) is 7.15. The predicted octanol–water partition coefficient (Wildman–Crippen LogP) is 3.66. The third kappa shape index (κ3) is 5.03. The quantitative estimate of drug-likeness (QED) is 0.833. The fraction of sp³-hybridized carbons (Fsp3) is 0.500. The Hall–Kier alpha value is -1.84. The molecule has 0 fully saturated rings. The number of hydrogen-bond donors (Lipinski definition) is 2. The minimum atomic E-state index is -0.0516. The normalized spacial score (nSPS) is 12.1. The van der Waals surface area contributed by atoms with Crippen molar-refractivity contribution in [3.63, 3.8) is 0 Å². The van der Waals surface area contributed by atoms with Gasteiger partial charge in [-0.15, -0.1) is 0 Å². The van der Waals surface area contributed by atoms with E-state index >= 15 is 0 Å². The number of nitrogens with one attached hydrogen (secondary N) is 2. The zero-order valence-electron chi connectivity index (χ0n) is 12.7. The van der Waals surface area contributed by atoms with E-state index in [1.165, 1.54) is 0 Å². The molecule has 1 aromatic rings. The van der Waals surface area contributed by atoms with Crippen LogP contribution in [0.15, 0.2) is 24.3 Å². The van der Waals surface area contributed by atoms with E-state index in [0.717, 1.165) is 24.2 Å². The van der Waals surface area contributed by atoms with Crippen LogP contribution in [-0.2, 0) is 9.59 Å². The van der Waals surface area contributed by atoms with Crippen LogP contribution in [0.25, 0.3) is 0 Å². The maximum absolute atomic E-state index is 11.9. The molecule has 2 amide bonds. The Balaban J connectivity index is 2.58. The topological polar surface area (TPSA) is 58.2 Å². The summed E-state index contributed by atoms with van der Waals surface area (Å²) in [5.74, 6) is -0.0197. The van der Waals surface area contributed by atoms with Crippen LogP contribution in [0.4, 0.5) is 11.4 Å². The number of anilines is 2. The third-order valence-corrected chi connectivity index (χ3v) is 3.11. The van der Waals surface area contributed by atoms with Gasteiger partial charge in [0.1, 0.15) is 0 Å². The van der Waals surface area contributed by atoms with E-state index in [1.54, 1.807) is 24.3 Å². The summed E-state index contributed by atoms with van der Waals surface area (Å²) in [5.41, 5.74) is 1.49. The average molecular weight is 276 g/mol. The number of amides is 2. The van der Waals surface area contributed by atoms with Crippen LogP contribution in [-0.4, -0.2) is 11.8 Å². The summed E-state index contributed by atoms with van der Waals surface area (Å²) in [6, 6.07) is 7.18. The number of benzene rings is 1. The van der Waals surface area contributed by atoms with E-state index in [4.69, 9.17) is 0 Å². The van der Waals surface area contributed by atoms with Crippen LogP contribution in [0.5, 0.6) is 0 Å². The van der Waals surface area contributed by atoms with Gasteiger partial charge in [0.25, 0.3) is 0 Å². The van der Waals surface area contributed by atoms with E-state index in [-0.39, 0.29) is 23.7 Å². The Bertz CT molecular complexity index is 452. The van der Waals surface area contributed by atoms with Crippen molar-refractivity contribution in [2.24, 2.45) is 11.8 Å². The lowest BCUT2D eigenvalue weighted by Gasteiger charge is -2.12. The zero-order valence-corrected chi connectivity index (χ0v) is 12.7. The molecule has 0 heterocycles. The van der Waals surface area contributed by atoms with Crippen LogP contribution in [0.2, 0.25) is 0 Å². The van der Waals surface area contributed by atoms with Gasteiger partial charge in [-0.25, -0.2) is 0 Å². The van der Waals surface area contributed by atoms with Gasteiger partial charge in [0.15, 0.2) is 0 Å². The number of hydrogen-bond acceptors (Lipinski definition) is 2. The summed E-state index contributed by atoms with van der Waals surface area (Å²) < 4.78 is 0. The second-order valence-corrected chi connectivity index (χ2v) is 5.40. The molecule has 0 aliphatic rings. The molecular weight excluding hydrogens is 252 g/mol. The molecule has 1 unspecified atom stereocenters. The number of rotatable bonds is 6. The fourth-order valence-corrected chi connectivity index (χ4v) is 1.75. The summed E-state index contributed by atoms with van der Waals surface area (Å²) in [7, 11) is 0. The predicted molar refractivity (Wildman–Crippen MR) is 82.6 cm³/mol. The Morgan fingerprint density at radius 3 is 1.80 bits per heavy atom. The van der Waals surface area contributed by atoms with Crippen LogP contribution >= 0.6 is 0 Å². The second kappa shape index (κ2) is 7.68. The molecule has 0 bridgehead atoms. The van der Waals surface area contributed by atoms with Gasteiger partial charge in [-0.1, -0.05) is 34.1 Å². The smallest absolute Gasteiger partial charge is 0.227 e. The van der Waals surface area contributed by atoms with Gasteiger partial charge in [-0.3, -0.25) is 9.59 Å². The maximum atomic E-state index is 11.9. The summed E-state index contributed by atoms with van der Waals surface area (Å²) in [6.45, 7) is 7.68. The second-order valence-electron chi connectivity index (χ2n) is 5.40. The van der Waals surface area contributed by atoms with Gasteiger partial charge >= 0.3 is 0 Å². The summed E-state index contributed by atoms with van der Waals surface area (Å²) >= 11 is 0. The van der Waals surface area contributed by atoms with Crippen LogP contribution in [0.3, 0.4) is 0 Å². The first-order valence-corrected chi connectivity index (χ1v) is 7.15. The van der Waals surface area contributed by atoms with E-state index in [2.05, 4.69) is 17.6 Å². The van der Waals surface area contributed by atoms with Gasteiger partial charge in [-0.05, 0) is 30.7 Å². The van der Waals surface area contributed by atoms with Crippen LogP contribution in [0, 0.1) is 11.8 Å². The minimum absolute atomic E-state index is 0.0142. The molecule has 0 spiro atoms. The minimum Gasteiger partial charge on any atom is -0.326 e. The standard InChI is InChI=1S/C16H24N2O2/c1-5-6-12(4)16(20)18-14-9-7-13(8-10-14)17-15(19)11(2)3/h7-12H,5-6H2,1-4H3,(H,17,19)(H,18,20). The van der Waals surface area contributed by atoms with Gasteiger partial charge < -0.3 is 10.6 Å². The van der Waals surface area contributed by atoms with Gasteiger partial charge in [-0.2, -0.15) is 0 Å². The molecule has 4 heteroatoms. The molecule has 0 aliphatic carbocycles. The number of carbonyl (C=O) groups is 2. The lowest BCUT2D eigenvalue weighted by molar-refractivity contribution is -0.120. The van der Waals surface area contributed by atoms with E-state index in [9.17, 15) is 9.59 Å². The highest BCUT2D eigenvalue weighted by Gasteiger charge is 2.12. The third-order valence-electron chi connectivity index (χ3n) is 3.11.